The first kappa shape index (κ1) is 15.3. The summed E-state index contributed by atoms with van der Waals surface area (Å²) >= 11 is 0. The van der Waals surface area contributed by atoms with Crippen LogP contribution < -0.4 is 5.32 Å². The molecule has 1 N–H and O–H groups in total. The molecule has 1 heterocycles. The lowest BCUT2D eigenvalue weighted by Crippen LogP contribution is -2.63. The van der Waals surface area contributed by atoms with E-state index in [2.05, 4.69) is 24.1 Å². The second kappa shape index (κ2) is 5.88. The SMILES string of the molecule is COC(=O)C(CN1CC(C)CC(C)C1)(NC1CC1)C1CC1. The smallest absolute Gasteiger partial charge is 0.327 e. The number of carbonyl (C=O) groups excluding carboxylic acids is 1. The highest BCUT2D eigenvalue weighted by molar-refractivity contribution is 5.82. The Morgan fingerprint density at radius 2 is 1.81 bits per heavy atom. The van der Waals surface area contributed by atoms with Gasteiger partial charge in [-0.1, -0.05) is 13.8 Å². The average molecular weight is 294 g/mol. The molecule has 0 radical (unpaired) electrons. The van der Waals surface area contributed by atoms with Crippen LogP contribution in [-0.2, 0) is 9.53 Å². The van der Waals surface area contributed by atoms with Gasteiger partial charge in [-0.05, 0) is 49.9 Å². The van der Waals surface area contributed by atoms with Gasteiger partial charge in [-0.3, -0.25) is 5.32 Å². The predicted octanol–water partition coefficient (Wildman–Crippen LogP) is 2.04. The number of carbonyl (C=O) groups is 1. The zero-order valence-corrected chi connectivity index (χ0v) is 13.7. The third kappa shape index (κ3) is 3.42. The van der Waals surface area contributed by atoms with E-state index in [0.717, 1.165) is 44.3 Å². The van der Waals surface area contributed by atoms with Gasteiger partial charge in [-0.25, -0.2) is 4.79 Å². The number of ether oxygens (including phenoxy) is 1. The fourth-order valence-electron chi connectivity index (χ4n) is 4.21. The van der Waals surface area contributed by atoms with Crippen LogP contribution in [0, 0.1) is 17.8 Å². The predicted molar refractivity (Wildman–Crippen MR) is 83.0 cm³/mol. The molecule has 0 aromatic heterocycles. The molecule has 3 atom stereocenters. The van der Waals surface area contributed by atoms with Crippen LogP contribution in [0.15, 0.2) is 0 Å². The van der Waals surface area contributed by atoms with E-state index in [1.165, 1.54) is 26.4 Å². The van der Waals surface area contributed by atoms with Crippen molar-refractivity contribution in [2.24, 2.45) is 17.8 Å². The first-order chi connectivity index (χ1) is 10.0. The van der Waals surface area contributed by atoms with Crippen molar-refractivity contribution in [1.29, 1.82) is 0 Å². The fraction of sp³-hybridized carbons (Fsp3) is 0.941. The summed E-state index contributed by atoms with van der Waals surface area (Å²) in [5.41, 5.74) is -0.452. The molecule has 0 amide bonds. The van der Waals surface area contributed by atoms with Gasteiger partial charge in [0, 0.05) is 25.7 Å². The van der Waals surface area contributed by atoms with Crippen LogP contribution in [0.25, 0.3) is 0 Å². The Balaban J connectivity index is 1.75. The van der Waals surface area contributed by atoms with Gasteiger partial charge in [-0.2, -0.15) is 0 Å². The normalized spacial score (nSPS) is 33.5. The number of esters is 1. The molecule has 3 unspecified atom stereocenters. The van der Waals surface area contributed by atoms with E-state index in [9.17, 15) is 4.79 Å². The van der Waals surface area contributed by atoms with Crippen molar-refractivity contribution in [1.82, 2.24) is 10.2 Å². The van der Waals surface area contributed by atoms with Crippen molar-refractivity contribution in [2.45, 2.75) is 57.5 Å². The van der Waals surface area contributed by atoms with E-state index in [1.807, 2.05) is 0 Å². The third-order valence-corrected chi connectivity index (χ3v) is 5.28. The lowest BCUT2D eigenvalue weighted by molar-refractivity contribution is -0.151. The lowest BCUT2D eigenvalue weighted by atomic mass is 9.87. The number of nitrogens with zero attached hydrogens (tertiary/aromatic N) is 1. The first-order valence-electron chi connectivity index (χ1n) is 8.62. The molecule has 0 bridgehead atoms. The molecule has 3 fully saturated rings. The minimum atomic E-state index is -0.452. The van der Waals surface area contributed by atoms with Crippen molar-refractivity contribution in [2.75, 3.05) is 26.7 Å². The van der Waals surface area contributed by atoms with Gasteiger partial charge in [0.25, 0.3) is 0 Å². The zero-order valence-electron chi connectivity index (χ0n) is 13.7. The van der Waals surface area contributed by atoms with Crippen molar-refractivity contribution in [3.63, 3.8) is 0 Å². The Kier molecular flexibility index (Phi) is 4.28. The van der Waals surface area contributed by atoms with Crippen LogP contribution in [0.1, 0.15) is 46.0 Å². The van der Waals surface area contributed by atoms with E-state index >= 15 is 0 Å². The van der Waals surface area contributed by atoms with Crippen molar-refractivity contribution in [3.8, 4) is 0 Å². The molecule has 2 saturated carbocycles. The Labute approximate surface area is 128 Å². The average Bonchev–Trinajstić information content (AvgIpc) is 3.27. The summed E-state index contributed by atoms with van der Waals surface area (Å²) < 4.78 is 5.21. The molecule has 0 spiro atoms. The summed E-state index contributed by atoms with van der Waals surface area (Å²) in [7, 11) is 1.54. The van der Waals surface area contributed by atoms with Crippen LogP contribution in [0.2, 0.25) is 0 Å². The van der Waals surface area contributed by atoms with Gasteiger partial charge in [0.2, 0.25) is 0 Å². The van der Waals surface area contributed by atoms with Crippen LogP contribution in [0.5, 0.6) is 0 Å². The maximum Gasteiger partial charge on any atom is 0.327 e. The lowest BCUT2D eigenvalue weighted by Gasteiger charge is -2.42. The molecule has 21 heavy (non-hydrogen) atoms. The topological polar surface area (TPSA) is 41.6 Å². The first-order valence-corrected chi connectivity index (χ1v) is 8.62. The maximum absolute atomic E-state index is 12.6. The van der Waals surface area contributed by atoms with Crippen LogP contribution in [0.3, 0.4) is 0 Å². The molecule has 1 aliphatic heterocycles. The Morgan fingerprint density at radius 3 is 2.29 bits per heavy atom. The molecular weight excluding hydrogens is 264 g/mol. The second-order valence-electron chi connectivity index (χ2n) is 7.80. The number of rotatable bonds is 6. The van der Waals surface area contributed by atoms with Crippen molar-refractivity contribution in [3.05, 3.63) is 0 Å². The van der Waals surface area contributed by atoms with Gasteiger partial charge in [-0.15, -0.1) is 0 Å². The Morgan fingerprint density at radius 1 is 1.19 bits per heavy atom. The van der Waals surface area contributed by atoms with Gasteiger partial charge in [0.05, 0.1) is 7.11 Å². The molecule has 4 heteroatoms. The highest BCUT2D eigenvalue weighted by Gasteiger charge is 2.54. The molecule has 120 valence electrons. The van der Waals surface area contributed by atoms with Gasteiger partial charge in [0.1, 0.15) is 5.54 Å². The summed E-state index contributed by atoms with van der Waals surface area (Å²) in [5, 5.41) is 3.68. The maximum atomic E-state index is 12.6. The van der Waals surface area contributed by atoms with Crippen molar-refractivity contribution < 1.29 is 9.53 Å². The summed E-state index contributed by atoms with van der Waals surface area (Å²) in [5.74, 6) is 1.88. The highest BCUT2D eigenvalue weighted by atomic mass is 16.5. The molecular formula is C17H30N2O2. The minimum absolute atomic E-state index is 0.0391. The highest BCUT2D eigenvalue weighted by Crippen LogP contribution is 2.43. The standard InChI is InChI=1S/C17H30N2O2/c1-12-8-13(2)10-19(9-12)11-17(14-4-5-14,16(20)21-3)18-15-6-7-15/h12-15,18H,4-11H2,1-3H3. The molecule has 3 aliphatic rings. The van der Waals surface area contributed by atoms with Gasteiger partial charge < -0.3 is 9.64 Å². The Bertz CT molecular complexity index is 382. The van der Waals surface area contributed by atoms with E-state index in [1.54, 1.807) is 0 Å². The van der Waals surface area contributed by atoms with E-state index in [-0.39, 0.29) is 5.97 Å². The van der Waals surface area contributed by atoms with Crippen LogP contribution >= 0.6 is 0 Å². The van der Waals surface area contributed by atoms with Crippen LogP contribution in [0.4, 0.5) is 0 Å². The number of hydrogen-bond donors (Lipinski definition) is 1. The van der Waals surface area contributed by atoms with E-state index < -0.39 is 5.54 Å². The largest absolute Gasteiger partial charge is 0.468 e. The quantitative estimate of drug-likeness (QED) is 0.761. The summed E-state index contributed by atoms with van der Waals surface area (Å²) in [6.07, 6.45) is 6.04. The third-order valence-electron chi connectivity index (χ3n) is 5.28. The number of methoxy groups -OCH3 is 1. The molecule has 1 saturated heterocycles. The molecule has 3 rings (SSSR count). The minimum Gasteiger partial charge on any atom is -0.468 e. The number of nitrogens with one attached hydrogen (secondary N) is 1. The summed E-state index contributed by atoms with van der Waals surface area (Å²) in [6, 6.07) is 0.532. The van der Waals surface area contributed by atoms with E-state index in [4.69, 9.17) is 4.74 Å². The Hall–Kier alpha value is -0.610. The summed E-state index contributed by atoms with van der Waals surface area (Å²) in [6.45, 7) is 7.71. The van der Waals surface area contributed by atoms with Gasteiger partial charge in [0.15, 0.2) is 0 Å². The molecule has 0 aromatic rings. The zero-order chi connectivity index (χ0) is 15.0. The van der Waals surface area contributed by atoms with Gasteiger partial charge >= 0.3 is 5.97 Å². The second-order valence-corrected chi connectivity index (χ2v) is 7.80. The fourth-order valence-corrected chi connectivity index (χ4v) is 4.21. The van der Waals surface area contributed by atoms with E-state index in [0.29, 0.717) is 12.0 Å². The van der Waals surface area contributed by atoms with Crippen LogP contribution in [-0.4, -0.2) is 49.2 Å². The molecule has 2 aliphatic carbocycles. The molecule has 4 nitrogen and oxygen atoms in total. The monoisotopic (exact) mass is 294 g/mol. The number of likely N-dealkylation sites (tertiary alicyclic amines) is 1. The summed E-state index contributed by atoms with van der Waals surface area (Å²) in [4.78, 5) is 15.1. The number of hydrogen-bond acceptors (Lipinski definition) is 4. The molecule has 0 aromatic carbocycles. The van der Waals surface area contributed by atoms with Crippen molar-refractivity contribution >= 4 is 5.97 Å². The number of piperidine rings is 1.